The van der Waals surface area contributed by atoms with Gasteiger partial charge in [-0.25, -0.2) is 0 Å². The van der Waals surface area contributed by atoms with E-state index in [1.165, 1.54) is 0 Å². The fourth-order valence-electron chi connectivity index (χ4n) is 1.81. The molecule has 1 saturated heterocycles. The van der Waals surface area contributed by atoms with Crippen LogP contribution in [0.4, 0.5) is 0 Å². The molecule has 2 fully saturated rings. The highest BCUT2D eigenvalue weighted by Gasteiger charge is 2.54. The van der Waals surface area contributed by atoms with E-state index in [0.29, 0.717) is 26.1 Å². The van der Waals surface area contributed by atoms with Crippen LogP contribution in [0.15, 0.2) is 0 Å². The maximum absolute atomic E-state index is 11.1. The van der Waals surface area contributed by atoms with Gasteiger partial charge in [-0.15, -0.1) is 0 Å². The number of hydrogen-bond donors (Lipinski definition) is 0. The summed E-state index contributed by atoms with van der Waals surface area (Å²) in [5.74, 6) is 0.261. The van der Waals surface area contributed by atoms with Crippen molar-refractivity contribution in [1.29, 1.82) is 0 Å². The monoisotopic (exact) mass is 154 g/mol. The van der Waals surface area contributed by atoms with Gasteiger partial charge in [0.1, 0.15) is 0 Å². The molecule has 0 aromatic carbocycles. The van der Waals surface area contributed by atoms with E-state index in [1.807, 2.05) is 0 Å². The summed E-state index contributed by atoms with van der Waals surface area (Å²) in [6.45, 7) is 1.13. The van der Waals surface area contributed by atoms with Gasteiger partial charge >= 0.3 is 0 Å². The van der Waals surface area contributed by atoms with Gasteiger partial charge in [0.15, 0.2) is 11.6 Å². The van der Waals surface area contributed by atoms with Crippen LogP contribution >= 0.6 is 0 Å². The maximum atomic E-state index is 11.1. The molecule has 0 aromatic rings. The first-order valence-electron chi connectivity index (χ1n) is 3.90. The molecule has 0 bridgehead atoms. The molecule has 2 rings (SSSR count). The average Bonchev–Trinajstić information content (AvgIpc) is 2.07. The Labute approximate surface area is 64.7 Å². The van der Waals surface area contributed by atoms with Gasteiger partial charge in [0.05, 0.1) is 11.8 Å². The van der Waals surface area contributed by atoms with E-state index >= 15 is 0 Å². The summed E-state index contributed by atoms with van der Waals surface area (Å²) in [6.07, 6.45) is 1.40. The highest BCUT2D eigenvalue weighted by atomic mass is 16.5. The van der Waals surface area contributed by atoms with Crippen molar-refractivity contribution in [3.05, 3.63) is 0 Å². The van der Waals surface area contributed by atoms with Crippen LogP contribution in [-0.2, 0) is 14.3 Å². The third-order valence-corrected chi connectivity index (χ3v) is 2.73. The lowest BCUT2D eigenvalue weighted by molar-refractivity contribution is -0.159. The molecule has 3 heteroatoms. The maximum Gasteiger partial charge on any atom is 0.153 e. The molecule has 0 aromatic heterocycles. The standard InChI is InChI=1S/C8H10O3/c9-6-5-7(10)8(6)1-3-11-4-2-8/h1-5H2. The summed E-state index contributed by atoms with van der Waals surface area (Å²) >= 11 is 0. The second-order valence-corrected chi connectivity index (χ2v) is 3.22. The summed E-state index contributed by atoms with van der Waals surface area (Å²) in [7, 11) is 0. The van der Waals surface area contributed by atoms with Gasteiger partial charge in [-0.2, -0.15) is 0 Å². The molecule has 0 radical (unpaired) electrons. The zero-order valence-corrected chi connectivity index (χ0v) is 6.26. The number of rotatable bonds is 0. The van der Waals surface area contributed by atoms with E-state index < -0.39 is 5.41 Å². The minimum absolute atomic E-state index is 0.130. The van der Waals surface area contributed by atoms with Crippen molar-refractivity contribution < 1.29 is 14.3 Å². The van der Waals surface area contributed by atoms with Crippen molar-refractivity contribution >= 4 is 11.6 Å². The third kappa shape index (κ3) is 0.774. The van der Waals surface area contributed by atoms with Crippen LogP contribution in [0.2, 0.25) is 0 Å². The minimum Gasteiger partial charge on any atom is -0.381 e. The Kier molecular flexibility index (Phi) is 1.36. The first-order chi connectivity index (χ1) is 5.26. The average molecular weight is 154 g/mol. The van der Waals surface area contributed by atoms with Crippen LogP contribution < -0.4 is 0 Å². The van der Waals surface area contributed by atoms with E-state index in [1.54, 1.807) is 0 Å². The molecule has 60 valence electrons. The second-order valence-electron chi connectivity index (χ2n) is 3.22. The summed E-state index contributed by atoms with van der Waals surface area (Å²) in [4.78, 5) is 22.3. The van der Waals surface area contributed by atoms with E-state index in [9.17, 15) is 9.59 Å². The predicted octanol–water partition coefficient (Wildman–Crippen LogP) is 0.325. The van der Waals surface area contributed by atoms with Crippen molar-refractivity contribution in [2.24, 2.45) is 5.41 Å². The first-order valence-corrected chi connectivity index (χ1v) is 3.90. The summed E-state index contributed by atoms with van der Waals surface area (Å²) < 4.78 is 5.09. The van der Waals surface area contributed by atoms with Crippen LogP contribution in [0.5, 0.6) is 0 Å². The van der Waals surface area contributed by atoms with Gasteiger partial charge in [0, 0.05) is 13.2 Å². The molecule has 0 atom stereocenters. The molecule has 0 N–H and O–H groups in total. The Morgan fingerprint density at radius 1 is 1.09 bits per heavy atom. The largest absolute Gasteiger partial charge is 0.381 e. The highest BCUT2D eigenvalue weighted by molar-refractivity contribution is 6.24. The molecule has 2 aliphatic rings. The van der Waals surface area contributed by atoms with Gasteiger partial charge in [-0.05, 0) is 12.8 Å². The number of Topliss-reactive ketones (excluding diaryl/α,β-unsaturated/α-hetero) is 2. The van der Waals surface area contributed by atoms with Crippen LogP contribution in [0.25, 0.3) is 0 Å². The Morgan fingerprint density at radius 3 is 2.00 bits per heavy atom. The van der Waals surface area contributed by atoms with Gasteiger partial charge in [0.2, 0.25) is 0 Å². The molecule has 0 unspecified atom stereocenters. The molecule has 1 heterocycles. The summed E-state index contributed by atoms with van der Waals surface area (Å²) in [5.41, 5.74) is -0.585. The van der Waals surface area contributed by atoms with Crippen LogP contribution in [0.1, 0.15) is 19.3 Å². The lowest BCUT2D eigenvalue weighted by Crippen LogP contribution is -2.53. The van der Waals surface area contributed by atoms with Crippen molar-refractivity contribution in [2.45, 2.75) is 19.3 Å². The van der Waals surface area contributed by atoms with E-state index in [2.05, 4.69) is 0 Å². The van der Waals surface area contributed by atoms with Gasteiger partial charge in [-0.1, -0.05) is 0 Å². The fourth-order valence-corrected chi connectivity index (χ4v) is 1.81. The Hall–Kier alpha value is -0.700. The number of hydrogen-bond acceptors (Lipinski definition) is 3. The molecule has 11 heavy (non-hydrogen) atoms. The van der Waals surface area contributed by atoms with E-state index in [0.717, 1.165) is 0 Å². The second kappa shape index (κ2) is 2.14. The Bertz CT molecular complexity index is 197. The predicted molar refractivity (Wildman–Crippen MR) is 37.1 cm³/mol. The van der Waals surface area contributed by atoms with Gasteiger partial charge < -0.3 is 4.74 Å². The van der Waals surface area contributed by atoms with Gasteiger partial charge in [-0.3, -0.25) is 9.59 Å². The summed E-state index contributed by atoms with van der Waals surface area (Å²) in [6, 6.07) is 0. The SMILES string of the molecule is O=C1CC(=O)C12CCOCC2. The molecule has 3 nitrogen and oxygen atoms in total. The van der Waals surface area contributed by atoms with Crippen molar-refractivity contribution in [3.8, 4) is 0 Å². The lowest BCUT2D eigenvalue weighted by atomic mass is 9.62. The zero-order chi connectivity index (χ0) is 7.90. The fraction of sp³-hybridized carbons (Fsp3) is 0.750. The molecule has 1 saturated carbocycles. The molecule has 1 aliphatic heterocycles. The zero-order valence-electron chi connectivity index (χ0n) is 6.26. The van der Waals surface area contributed by atoms with Gasteiger partial charge in [0.25, 0.3) is 0 Å². The Morgan fingerprint density at radius 2 is 1.64 bits per heavy atom. The quantitative estimate of drug-likeness (QED) is 0.472. The molecular weight excluding hydrogens is 144 g/mol. The minimum atomic E-state index is -0.585. The number of ketones is 2. The smallest absolute Gasteiger partial charge is 0.153 e. The number of ether oxygens (including phenoxy) is 1. The van der Waals surface area contributed by atoms with E-state index in [-0.39, 0.29) is 18.0 Å². The lowest BCUT2D eigenvalue weighted by Gasteiger charge is -2.40. The molecule has 1 spiro atoms. The number of carbonyl (C=O) groups is 2. The topological polar surface area (TPSA) is 43.4 Å². The van der Waals surface area contributed by atoms with Crippen molar-refractivity contribution in [3.63, 3.8) is 0 Å². The van der Waals surface area contributed by atoms with Crippen LogP contribution in [0.3, 0.4) is 0 Å². The summed E-state index contributed by atoms with van der Waals surface area (Å²) in [5, 5.41) is 0. The van der Waals surface area contributed by atoms with Crippen molar-refractivity contribution in [2.75, 3.05) is 13.2 Å². The van der Waals surface area contributed by atoms with Crippen LogP contribution in [-0.4, -0.2) is 24.8 Å². The first kappa shape index (κ1) is 6.98. The van der Waals surface area contributed by atoms with Crippen molar-refractivity contribution in [1.82, 2.24) is 0 Å². The normalized spacial score (nSPS) is 28.7. The van der Waals surface area contributed by atoms with E-state index in [4.69, 9.17) is 4.74 Å². The molecular formula is C8H10O3. The molecule has 1 aliphatic carbocycles. The molecule has 0 amide bonds. The Balaban J connectivity index is 2.19. The highest BCUT2D eigenvalue weighted by Crippen LogP contribution is 2.42. The number of carbonyl (C=O) groups excluding carboxylic acids is 2. The van der Waals surface area contributed by atoms with Crippen LogP contribution in [0, 0.1) is 5.41 Å². The third-order valence-electron chi connectivity index (χ3n) is 2.73.